The average molecular weight is 155 g/mol. The summed E-state index contributed by atoms with van der Waals surface area (Å²) in [5.74, 6) is 0.131. The van der Waals surface area contributed by atoms with Crippen molar-refractivity contribution in [2.75, 3.05) is 12.3 Å². The van der Waals surface area contributed by atoms with Crippen LogP contribution in [0.5, 0.6) is 0 Å². The highest BCUT2D eigenvalue weighted by atomic mass is 16.3. The Balaban J connectivity index is 2.99. The molecule has 0 unspecified atom stereocenters. The molecule has 0 saturated carbocycles. The van der Waals surface area contributed by atoms with Crippen LogP contribution in [0.2, 0.25) is 0 Å². The highest BCUT2D eigenvalue weighted by molar-refractivity contribution is 5.15. The zero-order valence-electron chi connectivity index (χ0n) is 5.90. The van der Waals surface area contributed by atoms with E-state index in [2.05, 4.69) is 4.98 Å². The largest absolute Gasteiger partial charge is 0.395 e. The van der Waals surface area contributed by atoms with Gasteiger partial charge in [-0.25, -0.2) is 0 Å². The molecule has 0 aliphatic heterocycles. The quantitative estimate of drug-likeness (QED) is 0.563. The molecule has 0 aliphatic carbocycles. The van der Waals surface area contributed by atoms with Crippen LogP contribution >= 0.6 is 0 Å². The molecule has 0 aliphatic rings. The molecule has 0 spiro atoms. The molecule has 5 nitrogen and oxygen atoms in total. The molecule has 1 aromatic rings. The first-order chi connectivity index (χ1) is 5.24. The molecule has 3 N–H and O–H groups in total. The molecular formula is C6H9N3O2. The topological polar surface area (TPSA) is 81.1 Å². The zero-order valence-corrected chi connectivity index (χ0v) is 5.90. The van der Waals surface area contributed by atoms with Gasteiger partial charge in [0.1, 0.15) is 0 Å². The SMILES string of the molecule is Nc1nc(=O)ccn1CCO. The standard InChI is InChI=1S/C6H9N3O2/c7-6-8-5(11)1-2-9(6)3-4-10/h1-2,10H,3-4H2,(H2,7,8,11). The lowest BCUT2D eigenvalue weighted by Gasteiger charge is -2.04. The van der Waals surface area contributed by atoms with Gasteiger partial charge < -0.3 is 15.4 Å². The fourth-order valence-corrected chi connectivity index (χ4v) is 0.741. The van der Waals surface area contributed by atoms with E-state index in [4.69, 9.17) is 10.8 Å². The van der Waals surface area contributed by atoms with Crippen molar-refractivity contribution in [1.29, 1.82) is 0 Å². The van der Waals surface area contributed by atoms with Gasteiger partial charge in [0.25, 0.3) is 5.56 Å². The van der Waals surface area contributed by atoms with Crippen LogP contribution in [-0.4, -0.2) is 21.3 Å². The van der Waals surface area contributed by atoms with Crippen LogP contribution in [0.1, 0.15) is 0 Å². The Bertz CT molecular complexity index is 294. The van der Waals surface area contributed by atoms with E-state index in [1.54, 1.807) is 0 Å². The number of hydrogen-bond donors (Lipinski definition) is 2. The van der Waals surface area contributed by atoms with Gasteiger partial charge in [-0.3, -0.25) is 4.79 Å². The first-order valence-electron chi connectivity index (χ1n) is 3.18. The number of aliphatic hydroxyl groups is 1. The average Bonchev–Trinajstić information content (AvgIpc) is 1.95. The second-order valence-electron chi connectivity index (χ2n) is 2.04. The van der Waals surface area contributed by atoms with Crippen molar-refractivity contribution in [3.63, 3.8) is 0 Å². The molecule has 0 bridgehead atoms. The van der Waals surface area contributed by atoms with Crippen LogP contribution < -0.4 is 11.3 Å². The summed E-state index contributed by atoms with van der Waals surface area (Å²) >= 11 is 0. The van der Waals surface area contributed by atoms with Crippen LogP contribution in [-0.2, 0) is 6.54 Å². The zero-order chi connectivity index (χ0) is 8.27. The van der Waals surface area contributed by atoms with E-state index >= 15 is 0 Å². The van der Waals surface area contributed by atoms with Crippen molar-refractivity contribution in [3.05, 3.63) is 22.6 Å². The normalized spacial score (nSPS) is 9.91. The minimum Gasteiger partial charge on any atom is -0.395 e. The molecule has 1 rings (SSSR count). The lowest BCUT2D eigenvalue weighted by molar-refractivity contribution is 0.276. The maximum absolute atomic E-state index is 10.6. The van der Waals surface area contributed by atoms with E-state index < -0.39 is 0 Å². The third-order valence-corrected chi connectivity index (χ3v) is 1.26. The van der Waals surface area contributed by atoms with Crippen LogP contribution in [0.25, 0.3) is 0 Å². The second kappa shape index (κ2) is 3.16. The molecule has 5 heteroatoms. The van der Waals surface area contributed by atoms with Gasteiger partial charge in [0.05, 0.1) is 6.61 Å². The monoisotopic (exact) mass is 155 g/mol. The van der Waals surface area contributed by atoms with Gasteiger partial charge in [0.15, 0.2) is 0 Å². The predicted molar refractivity (Wildman–Crippen MR) is 40.0 cm³/mol. The van der Waals surface area contributed by atoms with Crippen molar-refractivity contribution in [2.24, 2.45) is 0 Å². The predicted octanol–water partition coefficient (Wildman–Crippen LogP) is -1.18. The minimum atomic E-state index is -0.364. The summed E-state index contributed by atoms with van der Waals surface area (Å²) in [7, 11) is 0. The Kier molecular flexibility index (Phi) is 2.22. The Morgan fingerprint density at radius 3 is 3.00 bits per heavy atom. The van der Waals surface area contributed by atoms with Crippen LogP contribution in [0.15, 0.2) is 17.1 Å². The summed E-state index contributed by atoms with van der Waals surface area (Å²) in [6.45, 7) is 0.341. The molecule has 1 aromatic heterocycles. The smallest absolute Gasteiger partial charge is 0.274 e. The Morgan fingerprint density at radius 1 is 1.73 bits per heavy atom. The van der Waals surface area contributed by atoms with Crippen molar-refractivity contribution in [2.45, 2.75) is 6.54 Å². The highest BCUT2D eigenvalue weighted by Crippen LogP contribution is 1.91. The molecule has 0 atom stereocenters. The van der Waals surface area contributed by atoms with Gasteiger partial charge in [0.2, 0.25) is 5.95 Å². The number of hydrogen-bond acceptors (Lipinski definition) is 4. The first kappa shape index (κ1) is 7.74. The summed E-state index contributed by atoms with van der Waals surface area (Å²) in [4.78, 5) is 14.0. The molecular weight excluding hydrogens is 146 g/mol. The fourth-order valence-electron chi connectivity index (χ4n) is 0.741. The molecule has 0 fully saturated rings. The lowest BCUT2D eigenvalue weighted by atomic mass is 10.6. The summed E-state index contributed by atoms with van der Waals surface area (Å²) < 4.78 is 1.50. The summed E-state index contributed by atoms with van der Waals surface area (Å²) in [5.41, 5.74) is 4.98. The Labute approximate surface area is 63.1 Å². The fraction of sp³-hybridized carbons (Fsp3) is 0.333. The molecule has 1 heterocycles. The van der Waals surface area contributed by atoms with Gasteiger partial charge in [-0.05, 0) is 0 Å². The maximum Gasteiger partial charge on any atom is 0.274 e. The van der Waals surface area contributed by atoms with E-state index in [1.165, 1.54) is 16.8 Å². The lowest BCUT2D eigenvalue weighted by Crippen LogP contribution is -2.16. The Hall–Kier alpha value is -1.36. The molecule has 0 amide bonds. The number of aliphatic hydroxyl groups excluding tert-OH is 1. The molecule has 11 heavy (non-hydrogen) atoms. The first-order valence-corrected chi connectivity index (χ1v) is 3.18. The molecule has 60 valence electrons. The Morgan fingerprint density at radius 2 is 2.45 bits per heavy atom. The van der Waals surface area contributed by atoms with Crippen molar-refractivity contribution < 1.29 is 5.11 Å². The van der Waals surface area contributed by atoms with Crippen molar-refractivity contribution in [1.82, 2.24) is 9.55 Å². The second-order valence-corrected chi connectivity index (χ2v) is 2.04. The summed E-state index contributed by atoms with van der Waals surface area (Å²) in [6, 6.07) is 1.30. The van der Waals surface area contributed by atoms with Gasteiger partial charge in [-0.15, -0.1) is 0 Å². The minimum absolute atomic E-state index is 0.0191. The number of nitrogens with zero attached hydrogens (tertiary/aromatic N) is 2. The third kappa shape index (κ3) is 1.78. The number of nitrogens with two attached hydrogens (primary N) is 1. The molecule has 0 saturated heterocycles. The summed E-state index contributed by atoms with van der Waals surface area (Å²) in [6.07, 6.45) is 1.50. The van der Waals surface area contributed by atoms with Crippen LogP contribution in [0.3, 0.4) is 0 Å². The number of rotatable bonds is 2. The van der Waals surface area contributed by atoms with Crippen molar-refractivity contribution in [3.8, 4) is 0 Å². The van der Waals surface area contributed by atoms with Crippen LogP contribution in [0.4, 0.5) is 5.95 Å². The maximum atomic E-state index is 10.6. The van der Waals surface area contributed by atoms with Gasteiger partial charge in [0, 0.05) is 18.8 Å². The van der Waals surface area contributed by atoms with E-state index in [-0.39, 0.29) is 18.1 Å². The van der Waals surface area contributed by atoms with Crippen molar-refractivity contribution >= 4 is 5.95 Å². The molecule has 0 radical (unpaired) electrons. The van der Waals surface area contributed by atoms with Gasteiger partial charge in [-0.1, -0.05) is 0 Å². The number of anilines is 1. The van der Waals surface area contributed by atoms with Gasteiger partial charge >= 0.3 is 0 Å². The van der Waals surface area contributed by atoms with E-state index in [0.29, 0.717) is 6.54 Å². The van der Waals surface area contributed by atoms with Crippen LogP contribution in [0, 0.1) is 0 Å². The van der Waals surface area contributed by atoms with E-state index in [0.717, 1.165) is 0 Å². The highest BCUT2D eigenvalue weighted by Gasteiger charge is 1.95. The van der Waals surface area contributed by atoms with E-state index in [9.17, 15) is 4.79 Å². The summed E-state index contributed by atoms with van der Waals surface area (Å²) in [5, 5.41) is 8.53. The molecule has 0 aromatic carbocycles. The van der Waals surface area contributed by atoms with Gasteiger partial charge in [-0.2, -0.15) is 4.98 Å². The third-order valence-electron chi connectivity index (χ3n) is 1.26. The number of nitrogen functional groups attached to an aromatic ring is 1. The van der Waals surface area contributed by atoms with E-state index in [1.807, 2.05) is 0 Å². The number of aromatic nitrogens is 2.